The van der Waals surface area contributed by atoms with Gasteiger partial charge in [-0.05, 0) is 56.3 Å². The molecule has 1 aromatic carbocycles. The van der Waals surface area contributed by atoms with Gasteiger partial charge in [0.15, 0.2) is 11.5 Å². The zero-order valence-electron chi connectivity index (χ0n) is 16.4. The highest BCUT2D eigenvalue weighted by atomic mass is 16.5. The van der Waals surface area contributed by atoms with Crippen molar-refractivity contribution in [2.24, 2.45) is 0 Å². The van der Waals surface area contributed by atoms with Crippen LogP contribution >= 0.6 is 0 Å². The summed E-state index contributed by atoms with van der Waals surface area (Å²) in [6.45, 7) is 3.69. The van der Waals surface area contributed by atoms with E-state index in [1.54, 1.807) is 4.57 Å². The number of hydrogen-bond acceptors (Lipinski definition) is 6. The number of ether oxygens (including phenoxy) is 1. The van der Waals surface area contributed by atoms with Gasteiger partial charge in [0.2, 0.25) is 0 Å². The van der Waals surface area contributed by atoms with E-state index in [2.05, 4.69) is 38.1 Å². The largest absolute Gasteiger partial charge is 0.460 e. The summed E-state index contributed by atoms with van der Waals surface area (Å²) >= 11 is 0. The second kappa shape index (κ2) is 8.47. The molecule has 8 nitrogen and oxygen atoms in total. The van der Waals surface area contributed by atoms with Gasteiger partial charge >= 0.3 is 11.7 Å². The summed E-state index contributed by atoms with van der Waals surface area (Å²) < 4.78 is 7.42. The van der Waals surface area contributed by atoms with Crippen LogP contribution in [0.4, 0.5) is 5.82 Å². The molecule has 2 aliphatic rings. The first-order valence-electron chi connectivity index (χ1n) is 10.4. The third-order valence-corrected chi connectivity index (χ3v) is 5.89. The van der Waals surface area contributed by atoms with Gasteiger partial charge in [-0.15, -0.1) is 0 Å². The predicted molar refractivity (Wildman–Crippen MR) is 118 cm³/mol. The van der Waals surface area contributed by atoms with Crippen LogP contribution in [0.1, 0.15) is 50.7 Å². The summed E-state index contributed by atoms with van der Waals surface area (Å²) in [5.74, 6) is 0.239. The molecule has 8 heteroatoms. The molecule has 2 aromatic heterocycles. The molecule has 0 bridgehead atoms. The average Bonchev–Trinajstić information content (AvgIpc) is 3.28. The molecule has 3 N–H and O–H groups in total. The Balaban J connectivity index is 0.00000218. The number of aromatic amines is 1. The lowest BCUT2D eigenvalue weighted by Crippen LogP contribution is -2.25. The Labute approximate surface area is 176 Å². The lowest BCUT2D eigenvalue weighted by Gasteiger charge is -2.25. The molecule has 1 saturated heterocycles. The molecular weight excluding hydrogens is 380 g/mol. The number of nitrogen functional groups attached to an aromatic ring is 1. The van der Waals surface area contributed by atoms with Gasteiger partial charge < -0.3 is 15.5 Å². The second-order valence-corrected chi connectivity index (χ2v) is 8.08. The van der Waals surface area contributed by atoms with Crippen molar-refractivity contribution in [3.05, 3.63) is 45.9 Å². The predicted octanol–water partition coefficient (Wildman–Crippen LogP) is 2.91. The highest BCUT2D eigenvalue weighted by Crippen LogP contribution is 2.25. The number of imidazole rings is 1. The summed E-state index contributed by atoms with van der Waals surface area (Å²) in [5.41, 5.74) is 9.09. The monoisotopic (exact) mass is 410 g/mol. The van der Waals surface area contributed by atoms with Crippen LogP contribution in [0.5, 0.6) is 6.01 Å². The van der Waals surface area contributed by atoms with Crippen LogP contribution in [-0.2, 0) is 13.1 Å². The highest BCUT2D eigenvalue weighted by Gasteiger charge is 2.22. The molecule has 0 amide bonds. The van der Waals surface area contributed by atoms with Crippen molar-refractivity contribution in [1.82, 2.24) is 24.4 Å². The number of anilines is 1. The van der Waals surface area contributed by atoms with Crippen molar-refractivity contribution in [2.75, 3.05) is 18.8 Å². The fourth-order valence-corrected chi connectivity index (χ4v) is 4.08. The van der Waals surface area contributed by atoms with E-state index >= 15 is 0 Å². The van der Waals surface area contributed by atoms with E-state index in [-0.39, 0.29) is 31.0 Å². The average molecular weight is 411 g/mol. The third-order valence-electron chi connectivity index (χ3n) is 5.89. The fraction of sp³-hybridized carbons (Fsp3) is 0.500. The minimum atomic E-state index is -0.244. The molecule has 1 aliphatic heterocycles. The zero-order valence-corrected chi connectivity index (χ0v) is 16.4. The summed E-state index contributed by atoms with van der Waals surface area (Å²) in [7, 11) is 0. The molecule has 5 rings (SSSR count). The van der Waals surface area contributed by atoms with Gasteiger partial charge in [-0.25, -0.2) is 4.79 Å². The molecule has 0 spiro atoms. The van der Waals surface area contributed by atoms with Gasteiger partial charge in [-0.1, -0.05) is 31.7 Å². The van der Waals surface area contributed by atoms with Crippen molar-refractivity contribution >= 4 is 17.0 Å². The number of nitrogens with one attached hydrogen (secondary N) is 1. The van der Waals surface area contributed by atoms with Gasteiger partial charge in [0.05, 0.1) is 6.54 Å². The molecule has 0 unspecified atom stereocenters. The Morgan fingerprint density at radius 2 is 1.83 bits per heavy atom. The van der Waals surface area contributed by atoms with E-state index in [0.29, 0.717) is 17.7 Å². The van der Waals surface area contributed by atoms with Gasteiger partial charge in [0.25, 0.3) is 0 Å². The molecule has 0 atom stereocenters. The summed E-state index contributed by atoms with van der Waals surface area (Å²) in [4.78, 5) is 26.6. The van der Waals surface area contributed by atoms with Crippen LogP contribution in [-0.4, -0.2) is 43.6 Å². The van der Waals surface area contributed by atoms with E-state index in [9.17, 15) is 4.79 Å². The number of benzene rings is 1. The van der Waals surface area contributed by atoms with E-state index in [1.165, 1.54) is 18.4 Å². The normalized spacial score (nSPS) is 17.1. The molecule has 1 aliphatic carbocycles. The lowest BCUT2D eigenvalue weighted by atomic mass is 9.96. The SMILES string of the molecule is C.Nc1nc(OC2CCC2)nc2c1[nH]c(=O)n2Cc1cccc(CN2CCCC2)c1. The van der Waals surface area contributed by atoms with Crippen LogP contribution in [0.25, 0.3) is 11.2 Å². The minimum Gasteiger partial charge on any atom is -0.460 e. The molecule has 3 heterocycles. The van der Waals surface area contributed by atoms with Gasteiger partial charge in [0, 0.05) is 6.54 Å². The van der Waals surface area contributed by atoms with Crippen LogP contribution < -0.4 is 16.2 Å². The van der Waals surface area contributed by atoms with Crippen molar-refractivity contribution < 1.29 is 4.74 Å². The number of fused-ring (bicyclic) bond motifs is 1. The number of H-pyrrole nitrogens is 1. The Hall–Kier alpha value is -2.87. The number of likely N-dealkylation sites (tertiary alicyclic amines) is 1. The number of nitrogens with zero attached hydrogens (tertiary/aromatic N) is 4. The van der Waals surface area contributed by atoms with Crippen molar-refractivity contribution in [1.29, 1.82) is 0 Å². The van der Waals surface area contributed by atoms with Crippen LogP contribution in [0.2, 0.25) is 0 Å². The topological polar surface area (TPSA) is 102 Å². The molecule has 1 saturated carbocycles. The maximum atomic E-state index is 12.6. The maximum Gasteiger partial charge on any atom is 0.328 e. The van der Waals surface area contributed by atoms with Gasteiger partial charge in [0.1, 0.15) is 11.6 Å². The first-order chi connectivity index (χ1) is 14.2. The van der Waals surface area contributed by atoms with E-state index in [0.717, 1.165) is 44.5 Å². The first-order valence-corrected chi connectivity index (χ1v) is 10.4. The molecule has 30 heavy (non-hydrogen) atoms. The van der Waals surface area contributed by atoms with Crippen LogP contribution in [0.3, 0.4) is 0 Å². The Bertz CT molecular complexity index is 1080. The van der Waals surface area contributed by atoms with Crippen LogP contribution in [0.15, 0.2) is 29.1 Å². The van der Waals surface area contributed by atoms with Gasteiger partial charge in [-0.3, -0.25) is 9.47 Å². The Morgan fingerprint density at radius 1 is 1.10 bits per heavy atom. The smallest absolute Gasteiger partial charge is 0.328 e. The Kier molecular flexibility index (Phi) is 5.76. The Morgan fingerprint density at radius 3 is 2.53 bits per heavy atom. The molecule has 2 fully saturated rings. The van der Waals surface area contributed by atoms with Crippen LogP contribution in [0, 0.1) is 0 Å². The van der Waals surface area contributed by atoms with E-state index in [1.807, 2.05) is 6.07 Å². The summed E-state index contributed by atoms with van der Waals surface area (Å²) in [6.07, 6.45) is 5.86. The lowest BCUT2D eigenvalue weighted by molar-refractivity contribution is 0.109. The van der Waals surface area contributed by atoms with Crippen molar-refractivity contribution in [3.63, 3.8) is 0 Å². The first kappa shape index (κ1) is 20.4. The zero-order chi connectivity index (χ0) is 19.8. The molecular formula is C22H30N6O2. The summed E-state index contributed by atoms with van der Waals surface area (Å²) in [6, 6.07) is 8.64. The number of nitrogens with two attached hydrogens (primary N) is 1. The van der Waals surface area contributed by atoms with Crippen molar-refractivity contribution in [3.8, 4) is 6.01 Å². The fourth-order valence-electron chi connectivity index (χ4n) is 4.08. The second-order valence-electron chi connectivity index (χ2n) is 8.08. The summed E-state index contributed by atoms with van der Waals surface area (Å²) in [5, 5.41) is 0. The van der Waals surface area contributed by atoms with Crippen molar-refractivity contribution in [2.45, 2.75) is 58.7 Å². The molecule has 160 valence electrons. The molecule has 0 radical (unpaired) electrons. The number of hydrogen-bond donors (Lipinski definition) is 2. The number of rotatable bonds is 6. The maximum absolute atomic E-state index is 12.6. The van der Waals surface area contributed by atoms with Gasteiger partial charge in [-0.2, -0.15) is 9.97 Å². The quantitative estimate of drug-likeness (QED) is 0.648. The third kappa shape index (κ3) is 4.05. The standard InChI is InChI=1S/C21H26N6O2.CH4/c22-18-17-19(25-20(24-18)29-16-7-4-8-16)27(21(28)23-17)13-15-6-3-5-14(11-15)12-26-9-1-2-10-26;/h3,5-6,11,16H,1-2,4,7-10,12-13H2,(H,23,28)(H2,22,24,25);1H4. The number of aromatic nitrogens is 4. The van der Waals surface area contributed by atoms with E-state index < -0.39 is 0 Å². The minimum absolute atomic E-state index is 0. The highest BCUT2D eigenvalue weighted by molar-refractivity contribution is 5.81. The molecule has 3 aromatic rings. The van der Waals surface area contributed by atoms with E-state index in [4.69, 9.17) is 10.5 Å².